The molecule has 0 spiro atoms. The van der Waals surface area contributed by atoms with Gasteiger partial charge in [0.05, 0.1) is 6.10 Å². The number of amides is 1. The smallest absolute Gasteiger partial charge is 0.247 e. The van der Waals surface area contributed by atoms with Crippen molar-refractivity contribution in [3.8, 4) is 0 Å². The van der Waals surface area contributed by atoms with Crippen LogP contribution in [0, 0.1) is 5.82 Å². The van der Waals surface area contributed by atoms with Gasteiger partial charge >= 0.3 is 0 Å². The normalized spacial score (nSPS) is 25.4. The van der Waals surface area contributed by atoms with Gasteiger partial charge in [-0.25, -0.2) is 4.39 Å². The zero-order valence-corrected chi connectivity index (χ0v) is 11.9. The molecule has 0 radical (unpaired) electrons. The van der Waals surface area contributed by atoms with Crippen molar-refractivity contribution < 1.29 is 13.9 Å². The molecule has 0 aromatic heterocycles. The fraction of sp³-hybridized carbons (Fsp3) is 0.533. The first-order valence-electron chi connectivity index (χ1n) is 6.88. The second-order valence-electron chi connectivity index (χ2n) is 5.51. The largest absolute Gasteiger partial charge is 0.367 e. The van der Waals surface area contributed by atoms with Gasteiger partial charge < -0.3 is 10.5 Å². The summed E-state index contributed by atoms with van der Waals surface area (Å²) < 4.78 is 18.4. The molecule has 1 aliphatic heterocycles. The van der Waals surface area contributed by atoms with Gasteiger partial charge in [-0.1, -0.05) is 19.1 Å². The summed E-state index contributed by atoms with van der Waals surface area (Å²) in [4.78, 5) is 13.4. The third kappa shape index (κ3) is 3.77. The first kappa shape index (κ1) is 14.9. The van der Waals surface area contributed by atoms with Crippen molar-refractivity contribution in [2.24, 2.45) is 5.73 Å². The lowest BCUT2D eigenvalue weighted by Crippen LogP contribution is -2.52. The number of halogens is 1. The van der Waals surface area contributed by atoms with Crippen molar-refractivity contribution in [3.63, 3.8) is 0 Å². The zero-order chi connectivity index (χ0) is 14.7. The number of primary amides is 1. The number of morpholine rings is 1. The van der Waals surface area contributed by atoms with Crippen LogP contribution in [0.5, 0.6) is 0 Å². The zero-order valence-electron chi connectivity index (χ0n) is 11.9. The summed E-state index contributed by atoms with van der Waals surface area (Å²) in [6.45, 7) is 6.11. The standard InChI is InChI=1S/C15H21FN2O2/c1-10(12-3-5-13(16)6-4-12)7-18-8-11(2)20-14(9-18)15(17)19/h3-6,10-11,14H,7-9H2,1-2H3,(H2,17,19)/t10?,11-,14?/m1/s1. The van der Waals surface area contributed by atoms with Crippen molar-refractivity contribution in [1.29, 1.82) is 0 Å². The number of hydrogen-bond donors (Lipinski definition) is 1. The highest BCUT2D eigenvalue weighted by Gasteiger charge is 2.29. The monoisotopic (exact) mass is 280 g/mol. The molecule has 1 aromatic rings. The topological polar surface area (TPSA) is 55.6 Å². The van der Waals surface area contributed by atoms with Crippen LogP contribution in [0.25, 0.3) is 0 Å². The molecule has 1 aliphatic rings. The molecular formula is C15H21FN2O2. The molecule has 1 fully saturated rings. The highest BCUT2D eigenvalue weighted by Crippen LogP contribution is 2.20. The Bertz CT molecular complexity index is 463. The number of ether oxygens (including phenoxy) is 1. The van der Waals surface area contributed by atoms with E-state index in [9.17, 15) is 9.18 Å². The number of rotatable bonds is 4. The van der Waals surface area contributed by atoms with Crippen molar-refractivity contribution in [2.45, 2.75) is 32.0 Å². The van der Waals surface area contributed by atoms with Gasteiger partial charge in [0.25, 0.3) is 0 Å². The molecule has 5 heteroatoms. The summed E-state index contributed by atoms with van der Waals surface area (Å²) in [6.07, 6.45) is -0.555. The second-order valence-corrected chi connectivity index (χ2v) is 5.51. The maximum Gasteiger partial charge on any atom is 0.247 e. The van der Waals surface area contributed by atoms with Crippen LogP contribution in [0.4, 0.5) is 4.39 Å². The van der Waals surface area contributed by atoms with Crippen LogP contribution in [0.3, 0.4) is 0 Å². The van der Waals surface area contributed by atoms with Crippen LogP contribution in [-0.2, 0) is 9.53 Å². The van der Waals surface area contributed by atoms with Gasteiger partial charge in [0.2, 0.25) is 5.91 Å². The minimum Gasteiger partial charge on any atom is -0.367 e. The van der Waals surface area contributed by atoms with Crippen LogP contribution < -0.4 is 5.73 Å². The number of carbonyl (C=O) groups is 1. The molecular weight excluding hydrogens is 259 g/mol. The number of nitrogens with zero attached hydrogens (tertiary/aromatic N) is 1. The third-order valence-corrected chi connectivity index (χ3v) is 3.62. The molecule has 2 unspecified atom stereocenters. The summed E-state index contributed by atoms with van der Waals surface area (Å²) in [6, 6.07) is 6.55. The van der Waals surface area contributed by atoms with Gasteiger partial charge in [-0.15, -0.1) is 0 Å². The molecule has 20 heavy (non-hydrogen) atoms. The van der Waals surface area contributed by atoms with E-state index in [1.165, 1.54) is 12.1 Å². The lowest BCUT2D eigenvalue weighted by molar-refractivity contribution is -0.142. The first-order chi connectivity index (χ1) is 9.45. The van der Waals surface area contributed by atoms with Crippen LogP contribution in [-0.4, -0.2) is 42.6 Å². The van der Waals surface area contributed by atoms with E-state index in [0.717, 1.165) is 18.7 Å². The SMILES string of the molecule is CC(CN1CC(C(N)=O)O[C@H](C)C1)c1ccc(F)cc1. The lowest BCUT2D eigenvalue weighted by Gasteiger charge is -2.36. The van der Waals surface area contributed by atoms with Crippen molar-refractivity contribution >= 4 is 5.91 Å². The highest BCUT2D eigenvalue weighted by atomic mass is 19.1. The third-order valence-electron chi connectivity index (χ3n) is 3.62. The van der Waals surface area contributed by atoms with E-state index in [1.807, 2.05) is 6.92 Å². The van der Waals surface area contributed by atoms with E-state index in [0.29, 0.717) is 6.54 Å². The summed E-state index contributed by atoms with van der Waals surface area (Å²) in [5.41, 5.74) is 6.40. The predicted molar refractivity (Wildman–Crippen MR) is 74.8 cm³/mol. The van der Waals surface area contributed by atoms with Crippen LogP contribution in [0.15, 0.2) is 24.3 Å². The summed E-state index contributed by atoms with van der Waals surface area (Å²) >= 11 is 0. The Labute approximate surface area is 118 Å². The molecule has 1 saturated heterocycles. The fourth-order valence-corrected chi connectivity index (χ4v) is 2.63. The highest BCUT2D eigenvalue weighted by molar-refractivity contribution is 5.79. The molecule has 3 atom stereocenters. The van der Waals surface area contributed by atoms with Gasteiger partial charge in [0.1, 0.15) is 11.9 Å². The van der Waals surface area contributed by atoms with Gasteiger partial charge in [-0.05, 0) is 30.5 Å². The second kappa shape index (κ2) is 6.33. The van der Waals surface area contributed by atoms with Gasteiger partial charge in [0.15, 0.2) is 0 Å². The van der Waals surface area contributed by atoms with Gasteiger partial charge in [0, 0.05) is 19.6 Å². The van der Waals surface area contributed by atoms with E-state index in [-0.39, 0.29) is 17.8 Å². The maximum absolute atomic E-state index is 12.9. The number of benzene rings is 1. The molecule has 0 bridgehead atoms. The molecule has 2 rings (SSSR count). The summed E-state index contributed by atoms with van der Waals surface area (Å²) in [5, 5.41) is 0. The molecule has 1 aromatic carbocycles. The first-order valence-corrected chi connectivity index (χ1v) is 6.88. The summed E-state index contributed by atoms with van der Waals surface area (Å²) in [5.74, 6) is -0.389. The molecule has 4 nitrogen and oxygen atoms in total. The van der Waals surface area contributed by atoms with Crippen molar-refractivity contribution in [2.75, 3.05) is 19.6 Å². The lowest BCUT2D eigenvalue weighted by atomic mass is 10.00. The molecule has 0 saturated carbocycles. The predicted octanol–water partition coefficient (Wildman–Crippen LogP) is 1.50. The van der Waals surface area contributed by atoms with E-state index in [2.05, 4.69) is 11.8 Å². The molecule has 2 N–H and O–H groups in total. The molecule has 110 valence electrons. The van der Waals surface area contributed by atoms with E-state index < -0.39 is 12.0 Å². The molecule has 1 heterocycles. The van der Waals surface area contributed by atoms with Crippen molar-refractivity contribution in [1.82, 2.24) is 4.90 Å². The van der Waals surface area contributed by atoms with E-state index in [4.69, 9.17) is 10.5 Å². The van der Waals surface area contributed by atoms with Crippen LogP contribution in [0.1, 0.15) is 25.3 Å². The number of carbonyl (C=O) groups excluding carboxylic acids is 1. The Morgan fingerprint density at radius 1 is 1.45 bits per heavy atom. The average Bonchev–Trinajstić information content (AvgIpc) is 2.38. The fourth-order valence-electron chi connectivity index (χ4n) is 2.63. The Kier molecular flexibility index (Phi) is 4.73. The van der Waals surface area contributed by atoms with Crippen LogP contribution >= 0.6 is 0 Å². The maximum atomic E-state index is 12.9. The minimum atomic E-state index is -0.542. The Balaban J connectivity index is 1.97. The Hall–Kier alpha value is -1.46. The number of hydrogen-bond acceptors (Lipinski definition) is 3. The van der Waals surface area contributed by atoms with Gasteiger partial charge in [-0.3, -0.25) is 9.69 Å². The Morgan fingerprint density at radius 3 is 2.70 bits per heavy atom. The molecule has 0 aliphatic carbocycles. The van der Waals surface area contributed by atoms with E-state index in [1.54, 1.807) is 12.1 Å². The van der Waals surface area contributed by atoms with Gasteiger partial charge in [-0.2, -0.15) is 0 Å². The quantitative estimate of drug-likeness (QED) is 0.909. The molecule has 1 amide bonds. The average molecular weight is 280 g/mol. The van der Waals surface area contributed by atoms with Crippen LogP contribution in [0.2, 0.25) is 0 Å². The van der Waals surface area contributed by atoms with E-state index >= 15 is 0 Å². The number of nitrogens with two attached hydrogens (primary N) is 1. The minimum absolute atomic E-state index is 0.0123. The summed E-state index contributed by atoms with van der Waals surface area (Å²) in [7, 11) is 0. The Morgan fingerprint density at radius 2 is 2.10 bits per heavy atom. The van der Waals surface area contributed by atoms with Crippen molar-refractivity contribution in [3.05, 3.63) is 35.6 Å².